The Hall–Kier alpha value is -5.84. The van der Waals surface area contributed by atoms with Crippen LogP contribution in [0.2, 0.25) is 0 Å². The summed E-state index contributed by atoms with van der Waals surface area (Å²) in [5, 5.41) is 6.15. The summed E-state index contributed by atoms with van der Waals surface area (Å²) < 4.78 is 16.7. The van der Waals surface area contributed by atoms with E-state index in [0.29, 0.717) is 11.8 Å². The molecule has 0 unspecified atom stereocenters. The Morgan fingerprint density at radius 1 is 0.606 bits per heavy atom. The van der Waals surface area contributed by atoms with Gasteiger partial charge in [-0.05, 0) is 150 Å². The normalized spacial score (nSPS) is 28.0. The Morgan fingerprint density at radius 2 is 1.03 bits per heavy atom. The fraction of sp³-hybridized carbons (Fsp3) is 0.429. The van der Waals surface area contributed by atoms with Crippen LogP contribution in [0.4, 0.5) is 11.4 Å². The van der Waals surface area contributed by atoms with Crippen LogP contribution in [0.5, 0.6) is 0 Å². The van der Waals surface area contributed by atoms with Crippen molar-refractivity contribution in [3.63, 3.8) is 0 Å². The van der Waals surface area contributed by atoms with Crippen molar-refractivity contribution in [1.29, 1.82) is 0 Å². The molecule has 12 rings (SSSR count). The van der Waals surface area contributed by atoms with Crippen LogP contribution >= 0.6 is 0 Å². The molecule has 6 aromatic rings. The lowest BCUT2D eigenvalue weighted by Crippen LogP contribution is -2.45. The second-order valence-electron chi connectivity index (χ2n) is 20.5. The second-order valence-corrected chi connectivity index (χ2v) is 20.5. The first-order valence-electron chi connectivity index (χ1n) is 24.4. The van der Waals surface area contributed by atoms with Crippen molar-refractivity contribution in [1.82, 2.24) is 19.1 Å². The van der Waals surface area contributed by atoms with Gasteiger partial charge in [-0.15, -0.1) is 0 Å². The largest absolute Gasteiger partial charge is 0.370 e. The van der Waals surface area contributed by atoms with E-state index in [1.54, 1.807) is 12.4 Å². The van der Waals surface area contributed by atoms with E-state index in [2.05, 4.69) is 115 Å². The van der Waals surface area contributed by atoms with E-state index in [4.69, 9.17) is 9.47 Å². The Bertz CT molecular complexity index is 2550. The van der Waals surface area contributed by atoms with Crippen LogP contribution in [-0.4, -0.2) is 55.3 Å². The molecular weight excluding hydrogens is 821 g/mol. The fourth-order valence-electron chi connectivity index (χ4n) is 12.7. The zero-order valence-electron chi connectivity index (χ0n) is 38.4. The van der Waals surface area contributed by atoms with Gasteiger partial charge in [-0.25, -0.2) is 0 Å². The molecule has 4 aromatic heterocycles. The van der Waals surface area contributed by atoms with Gasteiger partial charge < -0.3 is 29.2 Å². The number of aromatic nitrogens is 4. The number of pyridine rings is 2. The van der Waals surface area contributed by atoms with Crippen LogP contribution in [0, 0.1) is 25.7 Å². The number of anilines is 2. The number of epoxide rings is 2. The van der Waals surface area contributed by atoms with E-state index in [0.717, 1.165) is 124 Å². The van der Waals surface area contributed by atoms with Crippen molar-refractivity contribution in [2.45, 2.75) is 126 Å². The minimum Gasteiger partial charge on any atom is -0.370 e. The predicted octanol–water partition coefficient (Wildman–Crippen LogP) is 10.6. The van der Waals surface area contributed by atoms with E-state index < -0.39 is 0 Å². The minimum atomic E-state index is -0.0594. The molecule has 10 heteroatoms. The number of aryl methyl sites for hydroxylation is 4. The van der Waals surface area contributed by atoms with Gasteiger partial charge in [0, 0.05) is 60.1 Å². The first-order chi connectivity index (χ1) is 32.1. The first-order valence-corrected chi connectivity index (χ1v) is 24.4. The molecule has 6 atom stereocenters. The summed E-state index contributed by atoms with van der Waals surface area (Å²) in [5.41, 5.74) is 10.4. The third-order valence-corrected chi connectivity index (χ3v) is 16.4. The Labute approximate surface area is 388 Å². The average Bonchev–Trinajstić information content (AvgIpc) is 4.20. The molecule has 4 fully saturated rings. The number of nitrogens with one attached hydrogen (secondary N) is 2. The van der Waals surface area contributed by atoms with Gasteiger partial charge in [0.05, 0.1) is 58.3 Å². The van der Waals surface area contributed by atoms with Gasteiger partial charge in [-0.1, -0.05) is 60.7 Å². The maximum absolute atomic E-state index is 13.2. The number of nitrogens with zero attached hydrogens (tertiary/aromatic N) is 4. The quantitative estimate of drug-likeness (QED) is 0.147. The average molecular weight is 883 g/mol. The SMILES string of the molecule is Cc1ncccc1NC(=O)c1cc2n(c1)CCC[C@@H]1C[C@@]3(CC[C@]21Cc1ccccc1)CO3.Cc1ncccc1NC(=O)c1cc2n(c1)CCC[C@H]1C[C@]3(CC[C@@]21Cc1ccccc1)CO3. The number of rotatable bonds is 8. The van der Waals surface area contributed by atoms with Crippen molar-refractivity contribution >= 4 is 23.2 Å². The number of carbonyl (C=O) groups excluding carboxylic acids is 2. The summed E-state index contributed by atoms with van der Waals surface area (Å²) >= 11 is 0. The maximum atomic E-state index is 13.2. The lowest BCUT2D eigenvalue weighted by atomic mass is 9.58. The summed E-state index contributed by atoms with van der Waals surface area (Å²) in [6.45, 7) is 7.61. The zero-order valence-corrected chi connectivity index (χ0v) is 38.4. The smallest absolute Gasteiger partial charge is 0.257 e. The van der Waals surface area contributed by atoms with Gasteiger partial charge in [0.15, 0.2) is 0 Å². The summed E-state index contributed by atoms with van der Waals surface area (Å²) in [5.74, 6) is 1.02. The van der Waals surface area contributed by atoms with Crippen molar-refractivity contribution in [3.05, 3.63) is 167 Å². The van der Waals surface area contributed by atoms with Crippen LogP contribution in [0.1, 0.15) is 119 Å². The highest BCUT2D eigenvalue weighted by atomic mass is 16.6. The molecule has 2 saturated heterocycles. The number of hydrogen-bond donors (Lipinski definition) is 2. The highest BCUT2D eigenvalue weighted by Gasteiger charge is 2.58. The molecule has 0 radical (unpaired) electrons. The van der Waals surface area contributed by atoms with Crippen LogP contribution in [-0.2, 0) is 46.2 Å². The molecule has 0 bridgehead atoms. The van der Waals surface area contributed by atoms with E-state index in [1.807, 2.05) is 38.1 Å². The molecule has 340 valence electrons. The van der Waals surface area contributed by atoms with Gasteiger partial charge in [0.2, 0.25) is 0 Å². The molecule has 2 N–H and O–H groups in total. The molecule has 2 aromatic carbocycles. The molecule has 4 aliphatic heterocycles. The molecule has 10 nitrogen and oxygen atoms in total. The van der Waals surface area contributed by atoms with Crippen LogP contribution in [0.15, 0.2) is 122 Å². The molecule has 2 spiro atoms. The van der Waals surface area contributed by atoms with Crippen molar-refractivity contribution in [2.24, 2.45) is 11.8 Å². The third kappa shape index (κ3) is 8.21. The van der Waals surface area contributed by atoms with Gasteiger partial charge in [0.1, 0.15) is 0 Å². The first kappa shape index (κ1) is 42.8. The Morgan fingerprint density at radius 3 is 1.42 bits per heavy atom. The fourth-order valence-corrected chi connectivity index (χ4v) is 12.7. The number of fused-ring (bicyclic) bond motifs is 6. The lowest BCUT2D eigenvalue weighted by Gasteiger charge is -2.46. The molecular formula is C56H62N6O4. The lowest BCUT2D eigenvalue weighted by molar-refractivity contribution is 0.0978. The van der Waals surface area contributed by atoms with Gasteiger partial charge in [-0.3, -0.25) is 19.6 Å². The van der Waals surface area contributed by atoms with Gasteiger partial charge in [-0.2, -0.15) is 0 Å². The maximum Gasteiger partial charge on any atom is 0.257 e. The van der Waals surface area contributed by atoms with E-state index in [9.17, 15) is 9.59 Å². The number of carbonyl (C=O) groups is 2. The van der Waals surface area contributed by atoms with Crippen molar-refractivity contribution < 1.29 is 19.1 Å². The molecule has 2 aliphatic carbocycles. The van der Waals surface area contributed by atoms with E-state index in [1.165, 1.54) is 35.4 Å². The number of hydrogen-bond acceptors (Lipinski definition) is 6. The third-order valence-electron chi connectivity index (χ3n) is 16.4. The number of amides is 2. The molecule has 2 saturated carbocycles. The highest BCUT2D eigenvalue weighted by Crippen LogP contribution is 2.58. The van der Waals surface area contributed by atoms with Crippen molar-refractivity contribution in [2.75, 3.05) is 23.8 Å². The van der Waals surface area contributed by atoms with Crippen molar-refractivity contribution in [3.8, 4) is 0 Å². The summed E-state index contributed by atoms with van der Waals surface area (Å²) in [7, 11) is 0. The molecule has 6 aliphatic rings. The highest BCUT2D eigenvalue weighted by molar-refractivity contribution is 6.05. The standard InChI is InChI=1S/2C28H31N3O2/c2*1-20-24(10-5-13-29-20)30-26(32)22-15-25-28(16-21-7-3-2-4-8-21)12-11-27(19-33-27)17-23(28)9-6-14-31(25)18-22/h2*2-5,7-8,10,13,15,18,23H,6,9,11-12,14,16-17,19H2,1H3,(H,30,32)/t2*23-,27+,28-/m10/s1. The summed E-state index contributed by atoms with van der Waals surface area (Å²) in [6, 6.07) is 33.6. The zero-order chi connectivity index (χ0) is 44.9. The molecule has 8 heterocycles. The number of ether oxygens (including phenoxy) is 2. The minimum absolute atomic E-state index is 0.0395. The molecule has 66 heavy (non-hydrogen) atoms. The molecule has 2 amide bonds. The Kier molecular flexibility index (Phi) is 11.1. The second kappa shape index (κ2) is 17.1. The summed E-state index contributed by atoms with van der Waals surface area (Å²) in [4.78, 5) is 35.1. The predicted molar refractivity (Wildman–Crippen MR) is 257 cm³/mol. The van der Waals surface area contributed by atoms with Crippen LogP contribution < -0.4 is 10.6 Å². The Balaban J connectivity index is 0.000000146. The van der Waals surface area contributed by atoms with Gasteiger partial charge in [0.25, 0.3) is 11.8 Å². The van der Waals surface area contributed by atoms with E-state index >= 15 is 0 Å². The van der Waals surface area contributed by atoms with Gasteiger partial charge >= 0.3 is 0 Å². The topological polar surface area (TPSA) is 119 Å². The van der Waals surface area contributed by atoms with Crippen LogP contribution in [0.3, 0.4) is 0 Å². The monoisotopic (exact) mass is 882 g/mol. The van der Waals surface area contributed by atoms with E-state index in [-0.39, 0.29) is 33.8 Å². The summed E-state index contributed by atoms with van der Waals surface area (Å²) in [6.07, 6.45) is 21.1. The number of benzene rings is 2. The van der Waals surface area contributed by atoms with Crippen LogP contribution in [0.25, 0.3) is 0 Å².